The van der Waals surface area contributed by atoms with E-state index in [9.17, 15) is 9.59 Å². The fraction of sp³-hybridized carbons (Fsp3) is 0.368. The summed E-state index contributed by atoms with van der Waals surface area (Å²) < 4.78 is 16.8. The van der Waals surface area contributed by atoms with Gasteiger partial charge < -0.3 is 19.5 Å². The van der Waals surface area contributed by atoms with Gasteiger partial charge in [0, 0.05) is 12.8 Å². The number of nitrogens with zero attached hydrogens (tertiary/aromatic N) is 1. The Balaban J connectivity index is 1.36. The highest BCUT2D eigenvalue weighted by atomic mass is 35.5. The van der Waals surface area contributed by atoms with Gasteiger partial charge in [0.05, 0.1) is 35.5 Å². The Labute approximate surface area is 171 Å². The minimum atomic E-state index is -0.431. The maximum atomic E-state index is 12.2. The number of carbonyl (C=O) groups is 2. The summed E-state index contributed by atoms with van der Waals surface area (Å²) in [6.45, 7) is 1.64. The highest BCUT2D eigenvalue weighted by Crippen LogP contribution is 2.34. The number of cyclic esters (lactones) is 1. The van der Waals surface area contributed by atoms with E-state index in [1.54, 1.807) is 24.1 Å². The molecule has 9 heteroatoms. The van der Waals surface area contributed by atoms with Gasteiger partial charge in [0.15, 0.2) is 0 Å². The zero-order chi connectivity index (χ0) is 19.7. The van der Waals surface area contributed by atoms with Crippen molar-refractivity contribution in [2.75, 3.05) is 38.3 Å². The maximum Gasteiger partial charge on any atom is 0.414 e. The normalized spacial score (nSPS) is 20.6. The summed E-state index contributed by atoms with van der Waals surface area (Å²) >= 11 is 7.05. The molecule has 4 rings (SSSR count). The number of rotatable bonds is 6. The van der Waals surface area contributed by atoms with Crippen molar-refractivity contribution in [3.8, 4) is 0 Å². The zero-order valence-electron chi connectivity index (χ0n) is 15.1. The van der Waals surface area contributed by atoms with E-state index in [1.807, 2.05) is 24.3 Å². The van der Waals surface area contributed by atoms with Crippen molar-refractivity contribution in [3.05, 3.63) is 51.2 Å². The van der Waals surface area contributed by atoms with E-state index in [1.165, 1.54) is 11.3 Å². The second-order valence-electron chi connectivity index (χ2n) is 6.67. The van der Waals surface area contributed by atoms with Crippen LogP contribution in [0.1, 0.15) is 15.2 Å². The first-order chi connectivity index (χ1) is 13.5. The number of methoxy groups -OCH3 is 1. The Kier molecular flexibility index (Phi) is 5.29. The quantitative estimate of drug-likeness (QED) is 0.774. The number of nitrogens with one attached hydrogen (secondary N) is 1. The molecule has 1 atom stereocenters. The number of thiophene rings is 1. The molecule has 28 heavy (non-hydrogen) atoms. The van der Waals surface area contributed by atoms with E-state index < -0.39 is 17.8 Å². The number of amides is 2. The Morgan fingerprint density at radius 3 is 2.64 bits per heavy atom. The van der Waals surface area contributed by atoms with E-state index in [0.29, 0.717) is 29.0 Å². The lowest BCUT2D eigenvalue weighted by Gasteiger charge is -2.40. The third-order valence-corrected chi connectivity index (χ3v) is 6.16. The fourth-order valence-corrected chi connectivity index (χ4v) is 4.16. The maximum absolute atomic E-state index is 12.2. The molecule has 2 saturated heterocycles. The lowest BCUT2D eigenvalue weighted by molar-refractivity contribution is -0.202. The standard InChI is InChI=1S/C19H19ClN2O5S/c1-25-19(10-26-11-19)12-2-4-13(5-3-12)22-9-14(27-18(22)24)8-21-17(23)15-6-7-16(20)28-15/h2-7,14H,8-11H2,1H3,(H,21,23)/t14-/m0/s1. The van der Waals surface area contributed by atoms with Crippen LogP contribution in [0.15, 0.2) is 36.4 Å². The molecule has 0 unspecified atom stereocenters. The van der Waals surface area contributed by atoms with Gasteiger partial charge in [-0.15, -0.1) is 11.3 Å². The van der Waals surface area contributed by atoms with Crippen molar-refractivity contribution in [3.63, 3.8) is 0 Å². The van der Waals surface area contributed by atoms with Crippen LogP contribution in [0.5, 0.6) is 0 Å². The number of halogens is 1. The van der Waals surface area contributed by atoms with Gasteiger partial charge in [-0.1, -0.05) is 23.7 Å². The second-order valence-corrected chi connectivity index (χ2v) is 8.38. The minimum Gasteiger partial charge on any atom is -0.442 e. The summed E-state index contributed by atoms with van der Waals surface area (Å²) in [7, 11) is 1.66. The van der Waals surface area contributed by atoms with Crippen LogP contribution < -0.4 is 10.2 Å². The molecule has 2 fully saturated rings. The zero-order valence-corrected chi connectivity index (χ0v) is 16.7. The second kappa shape index (κ2) is 7.71. The molecule has 1 N–H and O–H groups in total. The molecular formula is C19H19ClN2O5S. The Morgan fingerprint density at radius 2 is 2.07 bits per heavy atom. The van der Waals surface area contributed by atoms with E-state index in [4.69, 9.17) is 25.8 Å². The predicted octanol–water partition coefficient (Wildman–Crippen LogP) is 3.03. The largest absolute Gasteiger partial charge is 0.442 e. The van der Waals surface area contributed by atoms with Crippen molar-refractivity contribution >= 4 is 40.6 Å². The Bertz CT molecular complexity index is 875. The molecule has 7 nitrogen and oxygen atoms in total. The van der Waals surface area contributed by atoms with E-state index in [-0.39, 0.29) is 12.5 Å². The Morgan fingerprint density at radius 1 is 1.32 bits per heavy atom. The summed E-state index contributed by atoms with van der Waals surface area (Å²) in [6.07, 6.45) is -0.850. The number of anilines is 1. The smallest absolute Gasteiger partial charge is 0.414 e. The molecule has 148 valence electrons. The van der Waals surface area contributed by atoms with Crippen LogP contribution in [0, 0.1) is 0 Å². The molecule has 0 bridgehead atoms. The van der Waals surface area contributed by atoms with Crippen LogP contribution in [-0.4, -0.2) is 51.5 Å². The van der Waals surface area contributed by atoms with Gasteiger partial charge in [-0.2, -0.15) is 0 Å². The lowest BCUT2D eigenvalue weighted by Crippen LogP contribution is -2.48. The minimum absolute atomic E-state index is 0.233. The third kappa shape index (κ3) is 3.60. The van der Waals surface area contributed by atoms with Gasteiger partial charge in [0.1, 0.15) is 11.7 Å². The summed E-state index contributed by atoms with van der Waals surface area (Å²) in [5, 5.41) is 2.78. The molecule has 0 aliphatic carbocycles. The SMILES string of the molecule is COC1(c2ccc(N3C[C@H](CNC(=O)c4ccc(Cl)s4)OC3=O)cc2)COC1. The van der Waals surface area contributed by atoms with Crippen LogP contribution in [0.3, 0.4) is 0 Å². The molecule has 1 aromatic heterocycles. The van der Waals surface area contributed by atoms with Crippen LogP contribution >= 0.6 is 22.9 Å². The van der Waals surface area contributed by atoms with Crippen LogP contribution in [0.2, 0.25) is 4.34 Å². The molecule has 2 amide bonds. The summed E-state index contributed by atoms with van der Waals surface area (Å²) in [6, 6.07) is 10.9. The van der Waals surface area contributed by atoms with Gasteiger partial charge in [0.2, 0.25) is 0 Å². The van der Waals surface area contributed by atoms with Crippen molar-refractivity contribution in [1.82, 2.24) is 5.32 Å². The van der Waals surface area contributed by atoms with Gasteiger partial charge in [-0.05, 0) is 29.8 Å². The topological polar surface area (TPSA) is 77.1 Å². The van der Waals surface area contributed by atoms with Gasteiger partial charge in [-0.25, -0.2) is 4.79 Å². The van der Waals surface area contributed by atoms with Crippen molar-refractivity contribution in [1.29, 1.82) is 0 Å². The molecule has 0 spiro atoms. The third-order valence-electron chi connectivity index (χ3n) is 4.93. The summed E-state index contributed by atoms with van der Waals surface area (Å²) in [5.41, 5.74) is 1.34. The van der Waals surface area contributed by atoms with E-state index in [0.717, 1.165) is 11.3 Å². The number of hydrogen-bond donors (Lipinski definition) is 1. The number of ether oxygens (including phenoxy) is 3. The molecule has 2 aliphatic heterocycles. The Hall–Kier alpha value is -2.13. The van der Waals surface area contributed by atoms with Gasteiger partial charge in [-0.3, -0.25) is 9.69 Å². The number of carbonyl (C=O) groups excluding carboxylic acids is 2. The monoisotopic (exact) mass is 422 g/mol. The number of hydrogen-bond acceptors (Lipinski definition) is 6. The predicted molar refractivity (Wildman–Crippen MR) is 105 cm³/mol. The van der Waals surface area contributed by atoms with Crippen molar-refractivity contribution in [2.45, 2.75) is 11.7 Å². The molecule has 1 aromatic carbocycles. The van der Waals surface area contributed by atoms with Crippen molar-refractivity contribution < 1.29 is 23.8 Å². The highest BCUT2D eigenvalue weighted by molar-refractivity contribution is 7.17. The first-order valence-electron chi connectivity index (χ1n) is 8.76. The number of benzene rings is 1. The fourth-order valence-electron chi connectivity index (χ4n) is 3.20. The molecule has 0 radical (unpaired) electrons. The first-order valence-corrected chi connectivity index (χ1v) is 9.95. The summed E-state index contributed by atoms with van der Waals surface area (Å²) in [4.78, 5) is 26.4. The summed E-state index contributed by atoms with van der Waals surface area (Å²) in [5.74, 6) is -0.233. The molecule has 0 saturated carbocycles. The van der Waals surface area contributed by atoms with Crippen LogP contribution in [0.4, 0.5) is 10.5 Å². The van der Waals surface area contributed by atoms with Crippen LogP contribution in [-0.2, 0) is 19.8 Å². The molecule has 3 heterocycles. The van der Waals surface area contributed by atoms with E-state index >= 15 is 0 Å². The van der Waals surface area contributed by atoms with Crippen LogP contribution in [0.25, 0.3) is 0 Å². The molecular weight excluding hydrogens is 404 g/mol. The molecule has 2 aromatic rings. The van der Waals surface area contributed by atoms with E-state index in [2.05, 4.69) is 5.32 Å². The van der Waals surface area contributed by atoms with Gasteiger partial charge >= 0.3 is 6.09 Å². The van der Waals surface area contributed by atoms with Crippen molar-refractivity contribution in [2.24, 2.45) is 0 Å². The average molecular weight is 423 g/mol. The first kappa shape index (κ1) is 19.2. The lowest BCUT2D eigenvalue weighted by atomic mass is 9.91. The van der Waals surface area contributed by atoms with Gasteiger partial charge in [0.25, 0.3) is 5.91 Å². The molecule has 2 aliphatic rings. The highest BCUT2D eigenvalue weighted by Gasteiger charge is 2.41. The average Bonchev–Trinajstić information content (AvgIpc) is 3.26.